The molecule has 2 N–H and O–H groups in total. The highest BCUT2D eigenvalue weighted by Gasteiger charge is 2.29. The Morgan fingerprint density at radius 3 is 2.79 bits per heavy atom. The van der Waals surface area contributed by atoms with Gasteiger partial charge in [-0.25, -0.2) is 4.39 Å². The minimum absolute atomic E-state index is 0.0610. The van der Waals surface area contributed by atoms with Crippen LogP contribution in [0.2, 0.25) is 0 Å². The van der Waals surface area contributed by atoms with Crippen molar-refractivity contribution in [2.75, 3.05) is 19.8 Å². The van der Waals surface area contributed by atoms with Gasteiger partial charge in [-0.3, -0.25) is 4.79 Å². The summed E-state index contributed by atoms with van der Waals surface area (Å²) < 4.78 is 38.4. The third-order valence-corrected chi connectivity index (χ3v) is 6.24. The topological polar surface area (TPSA) is 67.8 Å². The molecule has 0 saturated heterocycles. The number of fused-ring (bicyclic) bond motifs is 1. The second kappa shape index (κ2) is 11.8. The van der Waals surface area contributed by atoms with Crippen molar-refractivity contribution < 1.29 is 28.2 Å². The second-order valence-electron chi connectivity index (χ2n) is 9.56. The molecule has 0 radical (unpaired) electrons. The number of benzene rings is 2. The highest BCUT2D eigenvalue weighted by Crippen LogP contribution is 2.38. The van der Waals surface area contributed by atoms with Gasteiger partial charge in [0.2, 0.25) is 5.82 Å². The summed E-state index contributed by atoms with van der Waals surface area (Å²) in [6.45, 7) is 6.24. The number of ether oxygens (including phenoxy) is 2. The molecule has 0 saturated carbocycles. The molecule has 0 aliphatic heterocycles. The van der Waals surface area contributed by atoms with Crippen LogP contribution in [0.25, 0.3) is 0 Å². The van der Waals surface area contributed by atoms with Gasteiger partial charge in [-0.1, -0.05) is 24.3 Å². The van der Waals surface area contributed by atoms with E-state index in [1.54, 1.807) is 6.92 Å². The van der Waals surface area contributed by atoms with E-state index in [0.29, 0.717) is 11.5 Å². The van der Waals surface area contributed by atoms with Crippen LogP contribution >= 0.6 is 0 Å². The summed E-state index contributed by atoms with van der Waals surface area (Å²) in [7, 11) is 0. The van der Waals surface area contributed by atoms with Crippen molar-refractivity contribution in [3.63, 3.8) is 0 Å². The van der Waals surface area contributed by atoms with Gasteiger partial charge in [-0.2, -0.15) is 4.39 Å². The van der Waals surface area contributed by atoms with Crippen molar-refractivity contribution >= 4 is 5.97 Å². The molecule has 2 aromatic rings. The highest BCUT2D eigenvalue weighted by atomic mass is 19.2. The Kier molecular flexibility index (Phi) is 9.03. The normalized spacial score (nSPS) is 16.2. The van der Waals surface area contributed by atoms with E-state index in [0.717, 1.165) is 25.3 Å². The highest BCUT2D eigenvalue weighted by molar-refractivity contribution is 5.69. The van der Waals surface area contributed by atoms with Gasteiger partial charge in [-0.05, 0) is 81.2 Å². The molecule has 0 heterocycles. The number of rotatable bonds is 12. The van der Waals surface area contributed by atoms with Gasteiger partial charge in [-0.15, -0.1) is 0 Å². The van der Waals surface area contributed by atoms with Gasteiger partial charge in [0.15, 0.2) is 11.6 Å². The fourth-order valence-electron chi connectivity index (χ4n) is 4.53. The van der Waals surface area contributed by atoms with E-state index < -0.39 is 23.7 Å². The maximum Gasteiger partial charge on any atom is 0.306 e. The van der Waals surface area contributed by atoms with Gasteiger partial charge < -0.3 is 19.9 Å². The average molecular weight is 476 g/mol. The SMILES string of the molecule is CCOC(=O)CCc1cc(F)c(F)c(OC[C@H](O)CNC(C)(C)CC2CCc3ccccc32)c1. The van der Waals surface area contributed by atoms with E-state index in [2.05, 4.69) is 43.4 Å². The molecule has 2 aromatic carbocycles. The van der Waals surface area contributed by atoms with Crippen LogP contribution in [0.15, 0.2) is 36.4 Å². The van der Waals surface area contributed by atoms with Gasteiger partial charge in [0.05, 0.1) is 6.61 Å². The van der Waals surface area contributed by atoms with Crippen molar-refractivity contribution in [2.45, 2.75) is 70.4 Å². The minimum Gasteiger partial charge on any atom is -0.488 e. The number of esters is 1. The zero-order chi connectivity index (χ0) is 24.7. The molecule has 186 valence electrons. The molecule has 34 heavy (non-hydrogen) atoms. The number of aryl methyl sites for hydroxylation is 2. The summed E-state index contributed by atoms with van der Waals surface area (Å²) in [5.74, 6) is -2.37. The smallest absolute Gasteiger partial charge is 0.306 e. The molecule has 0 fully saturated rings. The zero-order valence-corrected chi connectivity index (χ0v) is 20.2. The Morgan fingerprint density at radius 1 is 1.26 bits per heavy atom. The van der Waals surface area contributed by atoms with Crippen LogP contribution in [0.4, 0.5) is 8.78 Å². The van der Waals surface area contributed by atoms with Gasteiger partial charge in [0.1, 0.15) is 12.7 Å². The average Bonchev–Trinajstić information content (AvgIpc) is 3.20. The predicted octanol–water partition coefficient (Wildman–Crippen LogP) is 4.69. The van der Waals surface area contributed by atoms with E-state index in [-0.39, 0.29) is 43.9 Å². The zero-order valence-electron chi connectivity index (χ0n) is 20.2. The van der Waals surface area contributed by atoms with Crippen molar-refractivity contribution in [1.29, 1.82) is 0 Å². The maximum absolute atomic E-state index is 14.2. The molecule has 1 aliphatic carbocycles. The monoisotopic (exact) mass is 475 g/mol. The van der Waals surface area contributed by atoms with E-state index >= 15 is 0 Å². The predicted molar refractivity (Wildman–Crippen MR) is 127 cm³/mol. The minimum atomic E-state index is -1.11. The van der Waals surface area contributed by atoms with Crippen LogP contribution in [0.5, 0.6) is 5.75 Å². The Labute approximate surface area is 200 Å². The third kappa shape index (κ3) is 7.24. The molecule has 1 unspecified atom stereocenters. The molecule has 0 bridgehead atoms. The fraction of sp³-hybridized carbons (Fsp3) is 0.519. The fourth-order valence-corrected chi connectivity index (χ4v) is 4.53. The Hall–Kier alpha value is -2.51. The van der Waals surface area contributed by atoms with Crippen LogP contribution < -0.4 is 10.1 Å². The van der Waals surface area contributed by atoms with Gasteiger partial charge in [0.25, 0.3) is 0 Å². The van der Waals surface area contributed by atoms with Crippen molar-refractivity contribution in [3.05, 3.63) is 64.7 Å². The molecule has 2 atom stereocenters. The summed E-state index contributed by atoms with van der Waals surface area (Å²) in [6, 6.07) is 10.9. The number of hydrogen-bond donors (Lipinski definition) is 2. The first kappa shape index (κ1) is 26.1. The summed E-state index contributed by atoms with van der Waals surface area (Å²) in [5, 5.41) is 13.8. The number of carbonyl (C=O) groups is 1. The Bertz CT molecular complexity index is 979. The molecular formula is C27H35F2NO4. The number of carbonyl (C=O) groups excluding carboxylic acids is 1. The number of hydrogen-bond acceptors (Lipinski definition) is 5. The summed E-state index contributed by atoms with van der Waals surface area (Å²) in [6.07, 6.45) is 2.50. The number of aliphatic hydroxyl groups excluding tert-OH is 1. The first-order valence-electron chi connectivity index (χ1n) is 12.0. The summed E-state index contributed by atoms with van der Waals surface area (Å²) >= 11 is 0. The Morgan fingerprint density at radius 2 is 2.03 bits per heavy atom. The second-order valence-corrected chi connectivity index (χ2v) is 9.56. The molecule has 1 aliphatic rings. The van der Waals surface area contributed by atoms with E-state index in [4.69, 9.17) is 9.47 Å². The number of halogens is 2. The van der Waals surface area contributed by atoms with Crippen LogP contribution in [0.1, 0.15) is 62.6 Å². The molecule has 5 nitrogen and oxygen atoms in total. The van der Waals surface area contributed by atoms with Gasteiger partial charge >= 0.3 is 5.97 Å². The lowest BCUT2D eigenvalue weighted by Gasteiger charge is -2.31. The first-order valence-corrected chi connectivity index (χ1v) is 12.0. The van der Waals surface area contributed by atoms with Crippen LogP contribution in [-0.2, 0) is 22.4 Å². The van der Waals surface area contributed by atoms with Crippen LogP contribution in [0, 0.1) is 11.6 Å². The van der Waals surface area contributed by atoms with E-state index in [1.807, 2.05) is 0 Å². The summed E-state index contributed by atoms with van der Waals surface area (Å²) in [4.78, 5) is 11.5. The Balaban J connectivity index is 1.49. The lowest BCUT2D eigenvalue weighted by Crippen LogP contribution is -2.45. The standard InChI is InChI=1S/C27H35F2NO4/c1-4-33-25(32)12-9-18-13-23(28)26(29)24(14-18)34-17-21(31)16-30-27(2,3)15-20-11-10-19-7-5-6-8-22(19)20/h5-8,13-14,20-21,30-31H,4,9-12,15-17H2,1-3H3/t20?,21-/m1/s1. The molecule has 0 amide bonds. The van der Waals surface area contributed by atoms with Crippen molar-refractivity contribution in [2.24, 2.45) is 0 Å². The van der Waals surface area contributed by atoms with E-state index in [9.17, 15) is 18.7 Å². The largest absolute Gasteiger partial charge is 0.488 e. The molecule has 3 rings (SSSR count). The molecule has 0 aromatic heterocycles. The van der Waals surface area contributed by atoms with Crippen LogP contribution in [-0.4, -0.2) is 42.5 Å². The summed E-state index contributed by atoms with van der Waals surface area (Å²) in [5.41, 5.74) is 3.03. The van der Waals surface area contributed by atoms with Crippen molar-refractivity contribution in [3.8, 4) is 5.75 Å². The number of aliphatic hydroxyl groups is 1. The quantitative estimate of drug-likeness (QED) is 0.436. The lowest BCUT2D eigenvalue weighted by molar-refractivity contribution is -0.143. The lowest BCUT2D eigenvalue weighted by atomic mass is 9.87. The molecule has 0 spiro atoms. The number of nitrogens with one attached hydrogen (secondary N) is 1. The molecular weight excluding hydrogens is 440 g/mol. The van der Waals surface area contributed by atoms with Crippen molar-refractivity contribution in [1.82, 2.24) is 5.32 Å². The van der Waals surface area contributed by atoms with Crippen LogP contribution in [0.3, 0.4) is 0 Å². The molecule has 7 heteroatoms. The third-order valence-electron chi connectivity index (χ3n) is 6.24. The van der Waals surface area contributed by atoms with E-state index in [1.165, 1.54) is 17.2 Å². The van der Waals surface area contributed by atoms with Gasteiger partial charge in [0, 0.05) is 18.5 Å². The first-order chi connectivity index (χ1) is 16.2. The maximum atomic E-state index is 14.2. The number of β-amino-alcohol motifs (C(OH)–C–C–N with tert-alkyl or cyclic N) is 1.